The molecule has 0 aliphatic rings. The molecule has 0 aliphatic heterocycles. The first-order chi connectivity index (χ1) is 12.4. The Morgan fingerprint density at radius 3 is 2.65 bits per heavy atom. The predicted octanol–water partition coefficient (Wildman–Crippen LogP) is 2.83. The van der Waals surface area contributed by atoms with Crippen molar-refractivity contribution >= 4 is 33.6 Å². The molecule has 0 spiro atoms. The fraction of sp³-hybridized carbons (Fsp3) is 0.105. The number of nitrogens with one attached hydrogen (secondary N) is 3. The third-order valence-electron chi connectivity index (χ3n) is 4.21. The fourth-order valence-electron chi connectivity index (χ4n) is 3.08. The summed E-state index contributed by atoms with van der Waals surface area (Å²) < 4.78 is 4.92. The van der Waals surface area contributed by atoms with Gasteiger partial charge in [-0.05, 0) is 55.1 Å². The molecule has 7 heteroatoms. The molecule has 2 aromatic carbocycles. The number of fused-ring (bicyclic) bond motifs is 2. The van der Waals surface area contributed by atoms with Gasteiger partial charge in [0.1, 0.15) is 5.56 Å². The predicted molar refractivity (Wildman–Crippen MR) is 98.8 cm³/mol. The van der Waals surface area contributed by atoms with Gasteiger partial charge in [0.05, 0.1) is 11.0 Å². The molecule has 7 nitrogen and oxygen atoms in total. The van der Waals surface area contributed by atoms with Crippen molar-refractivity contribution in [3.63, 3.8) is 0 Å². The van der Waals surface area contributed by atoms with Gasteiger partial charge in [0.25, 0.3) is 11.5 Å². The maximum absolute atomic E-state index is 12.6. The number of hydrogen-bond donors (Lipinski definition) is 3. The van der Waals surface area contributed by atoms with Gasteiger partial charge in [-0.15, -0.1) is 0 Å². The summed E-state index contributed by atoms with van der Waals surface area (Å²) in [5.41, 5.74) is 3.56. The Balaban J connectivity index is 1.73. The highest BCUT2D eigenvalue weighted by Crippen LogP contribution is 2.19. The Hall–Kier alpha value is -3.61. The third-order valence-corrected chi connectivity index (χ3v) is 4.21. The molecule has 0 aliphatic carbocycles. The Labute approximate surface area is 146 Å². The van der Waals surface area contributed by atoms with Crippen LogP contribution in [0.15, 0.2) is 50.4 Å². The molecular formula is C19H15N3O4. The van der Waals surface area contributed by atoms with Crippen molar-refractivity contribution in [1.82, 2.24) is 9.97 Å². The quantitative estimate of drug-likeness (QED) is 0.517. The molecule has 3 N–H and O–H groups in total. The van der Waals surface area contributed by atoms with E-state index >= 15 is 0 Å². The van der Waals surface area contributed by atoms with Gasteiger partial charge in [-0.3, -0.25) is 14.6 Å². The number of pyridine rings is 1. The maximum atomic E-state index is 12.6. The Morgan fingerprint density at radius 2 is 1.85 bits per heavy atom. The Morgan fingerprint density at radius 1 is 1.04 bits per heavy atom. The molecule has 130 valence electrons. The van der Waals surface area contributed by atoms with Gasteiger partial charge in [0.15, 0.2) is 5.58 Å². The summed E-state index contributed by atoms with van der Waals surface area (Å²) in [4.78, 5) is 41.4. The number of carbonyl (C=O) groups is 1. The topological polar surface area (TPSA) is 108 Å². The van der Waals surface area contributed by atoms with Crippen LogP contribution >= 0.6 is 0 Å². The number of carbonyl (C=O) groups excluding carboxylic acids is 1. The van der Waals surface area contributed by atoms with Crippen LogP contribution in [0.2, 0.25) is 0 Å². The van der Waals surface area contributed by atoms with Gasteiger partial charge in [-0.2, -0.15) is 0 Å². The standard InChI is InChI=1S/C19H15N3O4/c1-9-5-10(2)16-11(6-9)7-13(18(24)22-16)17(23)20-12-3-4-15-14(8-12)21-19(25)26-15/h3-8H,1-2H3,(H,20,23)(H,21,25)(H,22,24). The average Bonchev–Trinajstić information content (AvgIpc) is 2.94. The van der Waals surface area contributed by atoms with Crippen LogP contribution in [0.25, 0.3) is 22.0 Å². The number of aromatic nitrogens is 2. The molecule has 0 saturated carbocycles. The number of benzene rings is 2. The second-order valence-electron chi connectivity index (χ2n) is 6.24. The van der Waals surface area contributed by atoms with Crippen LogP contribution in [0.5, 0.6) is 0 Å². The molecule has 2 aromatic heterocycles. The van der Waals surface area contributed by atoms with Crippen molar-refractivity contribution < 1.29 is 9.21 Å². The Bertz CT molecular complexity index is 1290. The van der Waals surface area contributed by atoms with E-state index in [4.69, 9.17) is 4.42 Å². The van der Waals surface area contributed by atoms with Crippen LogP contribution in [0.3, 0.4) is 0 Å². The summed E-state index contributed by atoms with van der Waals surface area (Å²) in [6.07, 6.45) is 0. The highest BCUT2D eigenvalue weighted by molar-refractivity contribution is 6.06. The van der Waals surface area contributed by atoms with Crippen LogP contribution in [0.4, 0.5) is 5.69 Å². The molecule has 0 saturated heterocycles. The van der Waals surface area contributed by atoms with Crippen LogP contribution in [-0.4, -0.2) is 15.9 Å². The van der Waals surface area contributed by atoms with E-state index in [-0.39, 0.29) is 5.56 Å². The highest BCUT2D eigenvalue weighted by Gasteiger charge is 2.14. The van der Waals surface area contributed by atoms with Crippen molar-refractivity contribution in [2.24, 2.45) is 0 Å². The number of anilines is 1. The first kappa shape index (κ1) is 15.9. The van der Waals surface area contributed by atoms with E-state index in [0.29, 0.717) is 16.8 Å². The summed E-state index contributed by atoms with van der Waals surface area (Å²) in [6, 6.07) is 10.2. The molecule has 0 atom stereocenters. The zero-order valence-electron chi connectivity index (χ0n) is 14.1. The molecule has 26 heavy (non-hydrogen) atoms. The van der Waals surface area contributed by atoms with Crippen molar-refractivity contribution in [1.29, 1.82) is 0 Å². The molecular weight excluding hydrogens is 334 g/mol. The number of hydrogen-bond acceptors (Lipinski definition) is 4. The summed E-state index contributed by atoms with van der Waals surface area (Å²) in [7, 11) is 0. The SMILES string of the molecule is Cc1cc(C)c2[nH]c(=O)c(C(=O)Nc3ccc4oc(=O)[nH]c4c3)cc2c1. The number of aromatic amines is 2. The third kappa shape index (κ3) is 2.69. The number of rotatable bonds is 2. The maximum Gasteiger partial charge on any atom is 0.417 e. The number of H-pyrrole nitrogens is 2. The lowest BCUT2D eigenvalue weighted by Gasteiger charge is -2.08. The summed E-state index contributed by atoms with van der Waals surface area (Å²) >= 11 is 0. The normalized spacial score (nSPS) is 11.2. The second-order valence-corrected chi connectivity index (χ2v) is 6.24. The first-order valence-electron chi connectivity index (χ1n) is 7.99. The van der Waals surface area contributed by atoms with E-state index in [0.717, 1.165) is 22.0 Å². The van der Waals surface area contributed by atoms with Gasteiger partial charge >= 0.3 is 5.76 Å². The monoisotopic (exact) mass is 349 g/mol. The van der Waals surface area contributed by atoms with Crippen molar-refractivity contribution in [3.8, 4) is 0 Å². The van der Waals surface area contributed by atoms with Crippen molar-refractivity contribution in [3.05, 3.63) is 74.0 Å². The van der Waals surface area contributed by atoms with E-state index < -0.39 is 17.2 Å². The van der Waals surface area contributed by atoms with Gasteiger partial charge < -0.3 is 14.7 Å². The molecule has 0 unspecified atom stereocenters. The summed E-state index contributed by atoms with van der Waals surface area (Å²) in [5.74, 6) is -1.10. The van der Waals surface area contributed by atoms with Crippen LogP contribution in [0.1, 0.15) is 21.5 Å². The van der Waals surface area contributed by atoms with E-state index in [9.17, 15) is 14.4 Å². The van der Waals surface area contributed by atoms with Gasteiger partial charge in [0.2, 0.25) is 0 Å². The number of amides is 1. The molecule has 1 amide bonds. The molecule has 4 rings (SSSR count). The summed E-state index contributed by atoms with van der Waals surface area (Å²) in [5, 5.41) is 3.47. The van der Waals surface area contributed by atoms with Crippen molar-refractivity contribution in [2.75, 3.05) is 5.32 Å². The van der Waals surface area contributed by atoms with Gasteiger partial charge in [-0.25, -0.2) is 4.79 Å². The van der Waals surface area contributed by atoms with E-state index in [1.165, 1.54) is 0 Å². The molecule has 4 aromatic rings. The highest BCUT2D eigenvalue weighted by atomic mass is 16.4. The Kier molecular flexibility index (Phi) is 3.50. The summed E-state index contributed by atoms with van der Waals surface area (Å²) in [6.45, 7) is 3.87. The molecule has 2 heterocycles. The van der Waals surface area contributed by atoms with E-state index in [1.54, 1.807) is 24.3 Å². The van der Waals surface area contributed by atoms with E-state index in [1.807, 2.05) is 26.0 Å². The average molecular weight is 349 g/mol. The minimum atomic E-state index is -0.569. The van der Waals surface area contributed by atoms with Gasteiger partial charge in [0, 0.05) is 5.69 Å². The zero-order valence-corrected chi connectivity index (χ0v) is 14.1. The molecule has 0 bridgehead atoms. The van der Waals surface area contributed by atoms with Crippen molar-refractivity contribution in [2.45, 2.75) is 13.8 Å². The van der Waals surface area contributed by atoms with Gasteiger partial charge in [-0.1, -0.05) is 11.6 Å². The smallest absolute Gasteiger partial charge is 0.408 e. The van der Waals surface area contributed by atoms with E-state index in [2.05, 4.69) is 15.3 Å². The number of oxazole rings is 1. The molecule has 0 radical (unpaired) electrons. The lowest BCUT2D eigenvalue weighted by molar-refractivity contribution is 0.102. The lowest BCUT2D eigenvalue weighted by atomic mass is 10.1. The lowest BCUT2D eigenvalue weighted by Crippen LogP contribution is -2.23. The van der Waals surface area contributed by atoms with Crippen LogP contribution in [-0.2, 0) is 0 Å². The second kappa shape index (κ2) is 5.73. The van der Waals surface area contributed by atoms with Crippen LogP contribution in [0, 0.1) is 13.8 Å². The fourth-order valence-corrected chi connectivity index (χ4v) is 3.08. The minimum Gasteiger partial charge on any atom is -0.408 e. The largest absolute Gasteiger partial charge is 0.417 e. The number of aryl methyl sites for hydroxylation is 2. The minimum absolute atomic E-state index is 0.0169. The first-order valence-corrected chi connectivity index (χ1v) is 7.99. The zero-order chi connectivity index (χ0) is 18.4. The molecule has 0 fully saturated rings. The van der Waals surface area contributed by atoms with Crippen LogP contribution < -0.4 is 16.6 Å².